The molecule has 1 saturated carbocycles. The van der Waals surface area contributed by atoms with Crippen LogP contribution in [0.3, 0.4) is 0 Å². The summed E-state index contributed by atoms with van der Waals surface area (Å²) < 4.78 is 17.2. The normalized spacial score (nSPS) is 27.8. The number of amides is 3. The molecule has 3 heterocycles. The minimum atomic E-state index is -1.17. The lowest BCUT2D eigenvalue weighted by Crippen LogP contribution is -2.56. The predicted molar refractivity (Wildman–Crippen MR) is 171 cm³/mol. The standard InChI is InChI=1S/C35H46N4O7/c1-5-44-32(42)35-20-25(35)16-9-7-6-8-10-17-27(37-33(43)46-34(2,3)4)31(41)39-21-26(19-28(39)30(40)38-35)45-22-24-14-11-13-23-15-12-18-36-29(23)24/h9,11-16,18,25-28H,5-8,10,17,19-22H2,1-4H3,(H,37,43)(H,38,40)/b16-9-/t25-,26-,27+,28+,35-/m1/s1. The van der Waals surface area contributed by atoms with Crippen LogP contribution in [0.15, 0.2) is 48.7 Å². The minimum absolute atomic E-state index is 0.150. The number of allylic oxidation sites excluding steroid dienone is 1. The summed E-state index contributed by atoms with van der Waals surface area (Å²) in [6.07, 6.45) is 8.94. The number of nitrogens with one attached hydrogen (secondary N) is 2. The maximum atomic E-state index is 14.2. The van der Waals surface area contributed by atoms with E-state index in [1.54, 1.807) is 33.9 Å². The van der Waals surface area contributed by atoms with E-state index >= 15 is 0 Å². The first kappa shape index (κ1) is 33.4. The largest absolute Gasteiger partial charge is 0.464 e. The van der Waals surface area contributed by atoms with Crippen molar-refractivity contribution < 1.29 is 33.4 Å². The number of alkyl carbamates (subject to hydrolysis) is 1. The number of nitrogens with zero attached hydrogens (tertiary/aromatic N) is 2. The van der Waals surface area contributed by atoms with Gasteiger partial charge in [0.15, 0.2) is 0 Å². The zero-order chi connectivity index (χ0) is 32.9. The molecule has 2 fully saturated rings. The van der Waals surface area contributed by atoms with Crippen molar-refractivity contribution in [1.82, 2.24) is 20.5 Å². The zero-order valence-electron chi connectivity index (χ0n) is 27.3. The monoisotopic (exact) mass is 634 g/mol. The van der Waals surface area contributed by atoms with Crippen molar-refractivity contribution >= 4 is 34.8 Å². The van der Waals surface area contributed by atoms with Crippen LogP contribution in [-0.2, 0) is 35.2 Å². The minimum Gasteiger partial charge on any atom is -0.464 e. The molecule has 11 heteroatoms. The second-order valence-corrected chi connectivity index (χ2v) is 13.4. The molecule has 5 atom stereocenters. The van der Waals surface area contributed by atoms with Gasteiger partial charge < -0.3 is 29.7 Å². The number of esters is 1. The molecule has 0 spiro atoms. The van der Waals surface area contributed by atoms with Crippen molar-refractivity contribution in [2.45, 2.75) is 109 Å². The first-order valence-electron chi connectivity index (χ1n) is 16.4. The van der Waals surface area contributed by atoms with Gasteiger partial charge in [0.25, 0.3) is 0 Å². The molecule has 0 bridgehead atoms. The molecule has 3 amide bonds. The molecule has 2 aromatic rings. The van der Waals surface area contributed by atoms with Crippen molar-refractivity contribution in [2.24, 2.45) is 5.92 Å². The molecular formula is C35H46N4O7. The number of hydrogen-bond donors (Lipinski definition) is 2. The van der Waals surface area contributed by atoms with Crippen molar-refractivity contribution in [2.75, 3.05) is 13.2 Å². The molecule has 1 aromatic carbocycles. The Morgan fingerprint density at radius 1 is 1.13 bits per heavy atom. The van der Waals surface area contributed by atoms with Crippen LogP contribution in [0.5, 0.6) is 0 Å². The SMILES string of the molecule is CCOC(=O)[C@@]12C[C@H]1/C=C\CCCCC[C@H](NC(=O)OC(C)(C)C)C(=O)N1C[C@H](OCc3cccc4cccnc34)C[C@H]1C(=O)N2. The summed E-state index contributed by atoms with van der Waals surface area (Å²) >= 11 is 0. The molecule has 46 heavy (non-hydrogen) atoms. The smallest absolute Gasteiger partial charge is 0.408 e. The van der Waals surface area contributed by atoms with Crippen LogP contribution in [0.2, 0.25) is 0 Å². The fourth-order valence-electron chi connectivity index (χ4n) is 6.37. The summed E-state index contributed by atoms with van der Waals surface area (Å²) in [5.41, 5.74) is -0.179. The molecule has 0 unspecified atom stereocenters. The maximum Gasteiger partial charge on any atom is 0.408 e. The van der Waals surface area contributed by atoms with E-state index in [0.29, 0.717) is 19.3 Å². The third kappa shape index (κ3) is 7.86. The molecule has 3 aliphatic rings. The lowest BCUT2D eigenvalue weighted by atomic mass is 10.0. The number of benzene rings is 1. The number of ether oxygens (including phenoxy) is 3. The number of aromatic nitrogens is 1. The van der Waals surface area contributed by atoms with E-state index < -0.39 is 47.3 Å². The summed E-state index contributed by atoms with van der Waals surface area (Å²) in [7, 11) is 0. The van der Waals surface area contributed by atoms with E-state index in [-0.39, 0.29) is 38.0 Å². The Morgan fingerprint density at radius 3 is 2.72 bits per heavy atom. The summed E-state index contributed by atoms with van der Waals surface area (Å²) in [5.74, 6) is -1.48. The Morgan fingerprint density at radius 2 is 1.93 bits per heavy atom. The molecule has 1 aliphatic carbocycles. The molecule has 0 radical (unpaired) electrons. The van der Waals surface area contributed by atoms with Gasteiger partial charge in [-0.2, -0.15) is 0 Å². The lowest BCUT2D eigenvalue weighted by Gasteiger charge is -2.30. The highest BCUT2D eigenvalue weighted by molar-refractivity contribution is 5.96. The van der Waals surface area contributed by atoms with Gasteiger partial charge >= 0.3 is 12.1 Å². The number of rotatable bonds is 6. The van der Waals surface area contributed by atoms with Crippen molar-refractivity contribution in [1.29, 1.82) is 0 Å². The van der Waals surface area contributed by atoms with Gasteiger partial charge in [-0.15, -0.1) is 0 Å². The first-order chi connectivity index (χ1) is 22.0. The quantitative estimate of drug-likeness (QED) is 0.349. The lowest BCUT2D eigenvalue weighted by molar-refractivity contribution is -0.150. The van der Waals surface area contributed by atoms with Crippen LogP contribution in [0.4, 0.5) is 4.79 Å². The van der Waals surface area contributed by atoms with Gasteiger partial charge in [-0.05, 0) is 59.4 Å². The molecule has 248 valence electrons. The fraction of sp³-hybridized carbons (Fsp3) is 0.571. The van der Waals surface area contributed by atoms with Gasteiger partial charge in [-0.3, -0.25) is 14.6 Å². The molecule has 11 nitrogen and oxygen atoms in total. The Balaban J connectivity index is 1.41. The van der Waals surface area contributed by atoms with Crippen LogP contribution in [0.1, 0.15) is 78.2 Å². The molecule has 1 aromatic heterocycles. The third-order valence-electron chi connectivity index (χ3n) is 8.76. The van der Waals surface area contributed by atoms with Gasteiger partial charge in [0.2, 0.25) is 11.8 Å². The van der Waals surface area contributed by atoms with Crippen LogP contribution >= 0.6 is 0 Å². The van der Waals surface area contributed by atoms with E-state index in [4.69, 9.17) is 14.2 Å². The Kier molecular flexibility index (Phi) is 10.3. The van der Waals surface area contributed by atoms with E-state index in [0.717, 1.165) is 35.7 Å². The molecule has 2 N–H and O–H groups in total. The Bertz CT molecular complexity index is 1470. The molecule has 5 rings (SSSR count). The molecular weight excluding hydrogens is 588 g/mol. The summed E-state index contributed by atoms with van der Waals surface area (Å²) in [5, 5.41) is 6.75. The summed E-state index contributed by atoms with van der Waals surface area (Å²) in [6.45, 7) is 7.61. The average Bonchev–Trinajstić information content (AvgIpc) is 3.53. The highest BCUT2D eigenvalue weighted by atomic mass is 16.6. The summed E-state index contributed by atoms with van der Waals surface area (Å²) in [4.78, 5) is 60.2. The highest BCUT2D eigenvalue weighted by Crippen LogP contribution is 2.46. The van der Waals surface area contributed by atoms with Crippen LogP contribution in [0, 0.1) is 5.92 Å². The van der Waals surface area contributed by atoms with Gasteiger partial charge in [0, 0.05) is 36.0 Å². The van der Waals surface area contributed by atoms with E-state index in [1.807, 2.05) is 42.5 Å². The van der Waals surface area contributed by atoms with Gasteiger partial charge in [-0.25, -0.2) is 9.59 Å². The van der Waals surface area contributed by atoms with E-state index in [1.165, 1.54) is 4.90 Å². The Hall–Kier alpha value is -3.99. The number of fused-ring (bicyclic) bond motifs is 3. The van der Waals surface area contributed by atoms with Gasteiger partial charge in [-0.1, -0.05) is 49.3 Å². The highest BCUT2D eigenvalue weighted by Gasteiger charge is 2.62. The second kappa shape index (κ2) is 14.2. The van der Waals surface area contributed by atoms with Gasteiger partial charge in [0.1, 0.15) is 23.2 Å². The van der Waals surface area contributed by atoms with Crippen molar-refractivity contribution in [3.63, 3.8) is 0 Å². The van der Waals surface area contributed by atoms with E-state index in [9.17, 15) is 19.2 Å². The molecule has 1 saturated heterocycles. The summed E-state index contributed by atoms with van der Waals surface area (Å²) in [6, 6.07) is 7.95. The first-order valence-corrected chi connectivity index (χ1v) is 16.4. The third-order valence-corrected chi connectivity index (χ3v) is 8.76. The number of carbonyl (C=O) groups excluding carboxylic acids is 4. The fourth-order valence-corrected chi connectivity index (χ4v) is 6.37. The number of carbonyl (C=O) groups is 4. The topological polar surface area (TPSA) is 136 Å². The van der Waals surface area contributed by atoms with Gasteiger partial charge in [0.05, 0.1) is 24.8 Å². The van der Waals surface area contributed by atoms with E-state index in [2.05, 4.69) is 15.6 Å². The number of hydrogen-bond acceptors (Lipinski definition) is 8. The Labute approximate surface area is 270 Å². The molecule has 2 aliphatic heterocycles. The van der Waals surface area contributed by atoms with Crippen molar-refractivity contribution in [3.05, 3.63) is 54.2 Å². The average molecular weight is 635 g/mol. The zero-order valence-corrected chi connectivity index (χ0v) is 27.3. The number of para-hydroxylation sites is 1. The van der Waals surface area contributed by atoms with Crippen LogP contribution in [0.25, 0.3) is 10.9 Å². The maximum absolute atomic E-state index is 14.2. The van der Waals surface area contributed by atoms with Crippen molar-refractivity contribution in [3.8, 4) is 0 Å². The predicted octanol–water partition coefficient (Wildman–Crippen LogP) is 4.57. The second-order valence-electron chi connectivity index (χ2n) is 13.4. The van der Waals surface area contributed by atoms with Crippen LogP contribution < -0.4 is 10.6 Å². The number of pyridine rings is 1. The van der Waals surface area contributed by atoms with Crippen LogP contribution in [-0.4, -0.2) is 76.2 Å².